The smallest absolute Gasteiger partial charge is 0.266 e. The first kappa shape index (κ1) is 27.1. The van der Waals surface area contributed by atoms with Gasteiger partial charge in [0.2, 0.25) is 0 Å². The summed E-state index contributed by atoms with van der Waals surface area (Å²) in [6, 6.07) is 19.2. The quantitative estimate of drug-likeness (QED) is 0.266. The number of benzene rings is 3. The van der Waals surface area contributed by atoms with Gasteiger partial charge in [0.1, 0.15) is 17.4 Å². The molecule has 0 heterocycles. The summed E-state index contributed by atoms with van der Waals surface area (Å²) in [7, 11) is 1.56. The molecule has 0 radical (unpaired) electrons. The van der Waals surface area contributed by atoms with Crippen molar-refractivity contribution in [1.29, 1.82) is 5.26 Å². The second-order valence-electron chi connectivity index (χ2n) is 7.77. The van der Waals surface area contributed by atoms with Crippen LogP contribution in [0, 0.1) is 18.3 Å². The fraction of sp³-hybridized carbons (Fsp3) is 0.179. The summed E-state index contributed by atoms with van der Waals surface area (Å²) < 4.78 is 16.4. The Morgan fingerprint density at radius 3 is 2.43 bits per heavy atom. The summed E-state index contributed by atoms with van der Waals surface area (Å²) in [5.74, 6) is 0.168. The number of ether oxygens (including phenoxy) is 3. The highest BCUT2D eigenvalue weighted by molar-refractivity contribution is 6.32. The van der Waals surface area contributed by atoms with Crippen molar-refractivity contribution in [3.63, 3.8) is 0 Å². The average Bonchev–Trinajstić information content (AvgIpc) is 2.88. The van der Waals surface area contributed by atoms with Gasteiger partial charge in [0.05, 0.1) is 18.7 Å². The van der Waals surface area contributed by atoms with Crippen LogP contribution in [0.15, 0.2) is 66.2 Å². The van der Waals surface area contributed by atoms with E-state index in [0.717, 1.165) is 5.56 Å². The number of para-hydroxylation sites is 1. The topological polar surface area (TPSA) is 110 Å². The van der Waals surface area contributed by atoms with Gasteiger partial charge in [-0.15, -0.1) is 0 Å². The number of halogens is 1. The normalized spacial score (nSPS) is 10.7. The van der Waals surface area contributed by atoms with Crippen LogP contribution in [-0.4, -0.2) is 32.1 Å². The summed E-state index contributed by atoms with van der Waals surface area (Å²) >= 11 is 6.44. The van der Waals surface area contributed by atoms with Crippen LogP contribution in [-0.2, 0) is 9.59 Å². The van der Waals surface area contributed by atoms with E-state index < -0.39 is 11.8 Å². The molecule has 2 N–H and O–H groups in total. The van der Waals surface area contributed by atoms with Crippen molar-refractivity contribution >= 4 is 40.9 Å². The van der Waals surface area contributed by atoms with E-state index in [4.69, 9.17) is 25.8 Å². The lowest BCUT2D eigenvalue weighted by Gasteiger charge is -2.15. The van der Waals surface area contributed by atoms with Crippen LogP contribution in [0.4, 0.5) is 11.4 Å². The molecule has 3 aromatic rings. The van der Waals surface area contributed by atoms with Gasteiger partial charge >= 0.3 is 0 Å². The molecule has 0 aliphatic rings. The molecule has 0 bridgehead atoms. The zero-order chi connectivity index (χ0) is 26.8. The fourth-order valence-corrected chi connectivity index (χ4v) is 3.58. The Balaban J connectivity index is 1.75. The molecule has 0 aromatic heterocycles. The van der Waals surface area contributed by atoms with Crippen molar-refractivity contribution in [3.8, 4) is 23.3 Å². The molecule has 9 heteroatoms. The van der Waals surface area contributed by atoms with E-state index in [2.05, 4.69) is 10.6 Å². The zero-order valence-electron chi connectivity index (χ0n) is 20.6. The van der Waals surface area contributed by atoms with Gasteiger partial charge in [-0.25, -0.2) is 0 Å². The van der Waals surface area contributed by atoms with Gasteiger partial charge in [0.25, 0.3) is 11.8 Å². The monoisotopic (exact) mass is 519 g/mol. The van der Waals surface area contributed by atoms with Crippen LogP contribution in [0.5, 0.6) is 17.2 Å². The molecule has 2 amide bonds. The first-order valence-corrected chi connectivity index (χ1v) is 11.7. The number of hydrogen-bond acceptors (Lipinski definition) is 6. The van der Waals surface area contributed by atoms with Gasteiger partial charge in [-0.1, -0.05) is 29.8 Å². The maximum atomic E-state index is 12.7. The van der Waals surface area contributed by atoms with Gasteiger partial charge < -0.3 is 24.8 Å². The predicted octanol–water partition coefficient (Wildman–Crippen LogP) is 5.62. The zero-order valence-corrected chi connectivity index (χ0v) is 21.4. The summed E-state index contributed by atoms with van der Waals surface area (Å²) in [6.07, 6.45) is 1.40. The lowest BCUT2D eigenvalue weighted by atomic mass is 10.1. The number of hydrogen-bond donors (Lipinski definition) is 2. The Kier molecular flexibility index (Phi) is 9.53. The molecule has 0 fully saturated rings. The SMILES string of the molecule is CCOc1cc(/C=C(/C#N)C(=O)Nc2ccccc2C)cc(Cl)c1OCC(=O)Nc1ccc(OC)cc1. The van der Waals surface area contributed by atoms with E-state index in [1.807, 2.05) is 25.1 Å². The van der Waals surface area contributed by atoms with Crippen molar-refractivity contribution < 1.29 is 23.8 Å². The lowest BCUT2D eigenvalue weighted by molar-refractivity contribution is -0.118. The molecular weight excluding hydrogens is 494 g/mol. The highest BCUT2D eigenvalue weighted by atomic mass is 35.5. The third-order valence-corrected chi connectivity index (χ3v) is 5.40. The Morgan fingerprint density at radius 1 is 1.05 bits per heavy atom. The van der Waals surface area contributed by atoms with E-state index in [1.165, 1.54) is 12.1 Å². The fourth-order valence-electron chi connectivity index (χ4n) is 3.30. The van der Waals surface area contributed by atoms with Gasteiger partial charge in [-0.05, 0) is 73.5 Å². The van der Waals surface area contributed by atoms with E-state index in [-0.39, 0.29) is 28.7 Å². The minimum Gasteiger partial charge on any atom is -0.497 e. The Bertz CT molecular complexity index is 1350. The molecule has 0 saturated heterocycles. The Morgan fingerprint density at radius 2 is 1.78 bits per heavy atom. The molecule has 3 aromatic carbocycles. The van der Waals surface area contributed by atoms with E-state index in [9.17, 15) is 14.9 Å². The molecule has 0 spiro atoms. The molecule has 37 heavy (non-hydrogen) atoms. The van der Waals surface area contributed by atoms with Crippen LogP contribution < -0.4 is 24.8 Å². The minimum atomic E-state index is -0.554. The highest BCUT2D eigenvalue weighted by Gasteiger charge is 2.16. The molecule has 8 nitrogen and oxygen atoms in total. The summed E-state index contributed by atoms with van der Waals surface area (Å²) in [5.41, 5.74) is 2.40. The van der Waals surface area contributed by atoms with Crippen LogP contribution in [0.3, 0.4) is 0 Å². The van der Waals surface area contributed by atoms with Gasteiger partial charge in [-0.3, -0.25) is 9.59 Å². The van der Waals surface area contributed by atoms with Crippen LogP contribution >= 0.6 is 11.6 Å². The van der Waals surface area contributed by atoms with E-state index in [0.29, 0.717) is 29.3 Å². The van der Waals surface area contributed by atoms with Crippen LogP contribution in [0.25, 0.3) is 6.08 Å². The van der Waals surface area contributed by atoms with Crippen LogP contribution in [0.1, 0.15) is 18.1 Å². The molecule has 3 rings (SSSR count). The minimum absolute atomic E-state index is 0.116. The maximum absolute atomic E-state index is 12.7. The standard InChI is InChI=1S/C28H26ClN3O5/c1-4-36-25-15-19(13-20(16-30)28(34)32-24-8-6-5-7-18(24)2)14-23(29)27(25)37-17-26(33)31-21-9-11-22(35-3)12-10-21/h5-15H,4,17H2,1-3H3,(H,31,33)(H,32,34)/b20-13-. The number of nitriles is 1. The number of rotatable bonds is 10. The van der Waals surface area contributed by atoms with Crippen molar-refractivity contribution in [1.82, 2.24) is 0 Å². The van der Waals surface area contributed by atoms with Crippen LogP contribution in [0.2, 0.25) is 5.02 Å². The number of carbonyl (C=O) groups is 2. The number of carbonyl (C=O) groups excluding carboxylic acids is 2. The third kappa shape index (κ3) is 7.50. The summed E-state index contributed by atoms with van der Waals surface area (Å²) in [5, 5.41) is 15.2. The molecule has 0 saturated carbocycles. The molecule has 0 aliphatic carbocycles. The third-order valence-electron chi connectivity index (χ3n) is 5.12. The van der Waals surface area contributed by atoms with Crippen molar-refractivity contribution in [2.75, 3.05) is 31.0 Å². The number of anilines is 2. The van der Waals surface area contributed by atoms with Gasteiger partial charge in [-0.2, -0.15) is 5.26 Å². The van der Waals surface area contributed by atoms with Gasteiger partial charge in [0, 0.05) is 11.4 Å². The van der Waals surface area contributed by atoms with E-state index >= 15 is 0 Å². The van der Waals surface area contributed by atoms with Crippen molar-refractivity contribution in [3.05, 3.63) is 82.4 Å². The molecule has 0 aliphatic heterocycles. The number of methoxy groups -OCH3 is 1. The molecule has 0 unspecified atom stereocenters. The molecule has 190 valence electrons. The maximum Gasteiger partial charge on any atom is 0.266 e. The summed E-state index contributed by atoms with van der Waals surface area (Å²) in [6.45, 7) is 3.63. The average molecular weight is 520 g/mol. The largest absolute Gasteiger partial charge is 0.497 e. The number of nitrogens with one attached hydrogen (secondary N) is 2. The first-order valence-electron chi connectivity index (χ1n) is 11.4. The van der Waals surface area contributed by atoms with Gasteiger partial charge in [0.15, 0.2) is 18.1 Å². The molecular formula is C28H26ClN3O5. The van der Waals surface area contributed by atoms with Crippen molar-refractivity contribution in [2.45, 2.75) is 13.8 Å². The summed E-state index contributed by atoms with van der Waals surface area (Å²) in [4.78, 5) is 25.1. The second kappa shape index (κ2) is 13.0. The van der Waals surface area contributed by atoms with Crippen molar-refractivity contribution in [2.24, 2.45) is 0 Å². The highest BCUT2D eigenvalue weighted by Crippen LogP contribution is 2.37. The molecule has 0 atom stereocenters. The first-order chi connectivity index (χ1) is 17.8. The number of nitrogens with zero attached hydrogens (tertiary/aromatic N) is 1. The van der Waals surface area contributed by atoms with E-state index in [1.54, 1.807) is 56.5 Å². The number of amides is 2. The Labute approximate surface area is 220 Å². The predicted molar refractivity (Wildman–Crippen MR) is 143 cm³/mol. The lowest BCUT2D eigenvalue weighted by Crippen LogP contribution is -2.20. The second-order valence-corrected chi connectivity index (χ2v) is 8.17. The Hall–Kier alpha value is -4.48. The number of aryl methyl sites for hydroxylation is 1.